The number of nitrogens with one attached hydrogen (secondary N) is 1. The minimum absolute atomic E-state index is 0.0373. The number of hydrogen-bond donors (Lipinski definition) is 2. The zero-order valence-corrected chi connectivity index (χ0v) is 30.6. The molecule has 2 N–H and O–H groups in total. The quantitative estimate of drug-likeness (QED) is 0.103. The van der Waals surface area contributed by atoms with E-state index >= 15 is 0 Å². The van der Waals surface area contributed by atoms with Crippen LogP contribution in [0.5, 0.6) is 28.7 Å². The molecule has 1 aliphatic rings. The van der Waals surface area contributed by atoms with Crippen molar-refractivity contribution in [3.63, 3.8) is 0 Å². The van der Waals surface area contributed by atoms with Crippen LogP contribution in [-0.2, 0) is 21.1 Å². The predicted molar refractivity (Wildman–Crippen MR) is 189 cm³/mol. The molecule has 5 rings (SSSR count). The molecule has 0 radical (unpaired) electrons. The molecule has 4 aromatic carbocycles. The molecule has 50 heavy (non-hydrogen) atoms. The molecule has 0 aliphatic carbocycles. The first-order valence-electron chi connectivity index (χ1n) is 15.6. The van der Waals surface area contributed by atoms with E-state index in [1.807, 2.05) is 18.2 Å². The number of anilines is 1. The number of hydrogen-bond acceptors (Lipinski definition) is 10. The van der Waals surface area contributed by atoms with Crippen LogP contribution in [0.15, 0.2) is 88.2 Å². The molecule has 3 unspecified atom stereocenters. The van der Waals surface area contributed by atoms with E-state index in [4.69, 9.17) is 28.4 Å². The first-order valence-corrected chi connectivity index (χ1v) is 18.0. The maximum atomic E-state index is 13.6. The first-order chi connectivity index (χ1) is 24.0. The molecule has 0 spiro atoms. The molecule has 1 saturated heterocycles. The summed E-state index contributed by atoms with van der Waals surface area (Å²) in [6.45, 7) is 1.29. The minimum Gasteiger partial charge on any atom is -0.493 e. The van der Waals surface area contributed by atoms with Crippen molar-refractivity contribution in [2.75, 3.05) is 33.8 Å². The zero-order valence-electron chi connectivity index (χ0n) is 28.2. The lowest BCUT2D eigenvalue weighted by Gasteiger charge is -2.24. The van der Waals surface area contributed by atoms with Crippen LogP contribution < -0.4 is 29.0 Å². The fraction of sp³-hybridized carbons (Fsp3) is 0.306. The van der Waals surface area contributed by atoms with Gasteiger partial charge >= 0.3 is 6.03 Å². The van der Waals surface area contributed by atoms with E-state index in [-0.39, 0.29) is 34.7 Å². The average Bonchev–Trinajstić information content (AvgIpc) is 3.62. The number of urea groups is 1. The van der Waals surface area contributed by atoms with Gasteiger partial charge in [-0.05, 0) is 88.8 Å². The number of amides is 2. The Bertz CT molecular complexity index is 1900. The van der Waals surface area contributed by atoms with Crippen LogP contribution in [-0.4, -0.2) is 58.6 Å². The van der Waals surface area contributed by atoms with Gasteiger partial charge < -0.3 is 33.7 Å². The SMILES string of the molecule is COc1cc(C2CCC(c3cc(OC)c(OC)c(OC)c3)O2)cc(NC(=O)N(O)Cc2ccccc2)c1OC(C)S(=O)(=O)c1ccccc1Br. The summed E-state index contributed by atoms with van der Waals surface area (Å²) in [7, 11) is 2.01. The van der Waals surface area contributed by atoms with Crippen molar-refractivity contribution < 1.29 is 46.8 Å². The number of nitrogens with zero attached hydrogens (tertiary/aromatic N) is 1. The smallest absolute Gasteiger partial charge is 0.345 e. The second-order valence-electron chi connectivity index (χ2n) is 11.4. The Kier molecular flexibility index (Phi) is 11.8. The molecule has 1 aliphatic heterocycles. The molecule has 266 valence electrons. The van der Waals surface area contributed by atoms with Gasteiger partial charge in [-0.3, -0.25) is 5.21 Å². The second-order valence-corrected chi connectivity index (χ2v) is 14.4. The van der Waals surface area contributed by atoms with Gasteiger partial charge in [-0.2, -0.15) is 0 Å². The Labute approximate surface area is 299 Å². The number of carbonyl (C=O) groups excluding carboxylic acids is 1. The maximum absolute atomic E-state index is 13.6. The molecule has 12 nitrogen and oxygen atoms in total. The highest BCUT2D eigenvalue weighted by molar-refractivity contribution is 9.10. The minimum atomic E-state index is -4.03. The summed E-state index contributed by atoms with van der Waals surface area (Å²) >= 11 is 3.31. The Morgan fingerprint density at radius 2 is 1.40 bits per heavy atom. The Morgan fingerprint density at radius 1 is 0.860 bits per heavy atom. The molecule has 0 saturated carbocycles. The van der Waals surface area contributed by atoms with Crippen LogP contribution in [0.1, 0.15) is 48.7 Å². The molecule has 2 amide bonds. The number of benzene rings is 4. The molecule has 1 fully saturated rings. The van der Waals surface area contributed by atoms with E-state index in [2.05, 4.69) is 21.2 Å². The van der Waals surface area contributed by atoms with Crippen molar-refractivity contribution in [3.8, 4) is 28.7 Å². The highest BCUT2D eigenvalue weighted by Gasteiger charge is 2.33. The van der Waals surface area contributed by atoms with Crippen molar-refractivity contribution >= 4 is 37.5 Å². The summed E-state index contributed by atoms with van der Waals surface area (Å²) in [5.74, 6) is 1.57. The van der Waals surface area contributed by atoms with Crippen molar-refractivity contribution in [2.24, 2.45) is 0 Å². The maximum Gasteiger partial charge on any atom is 0.345 e. The van der Waals surface area contributed by atoms with Gasteiger partial charge in [0.1, 0.15) is 0 Å². The molecule has 4 aromatic rings. The van der Waals surface area contributed by atoms with Gasteiger partial charge in [0.15, 0.2) is 23.0 Å². The normalized spacial score (nSPS) is 16.3. The number of methoxy groups -OCH3 is 4. The van der Waals surface area contributed by atoms with Crippen molar-refractivity contribution in [1.29, 1.82) is 0 Å². The molecular formula is C36H39BrN2O10S. The molecule has 1 heterocycles. The van der Waals surface area contributed by atoms with Crippen LogP contribution in [0.4, 0.5) is 10.5 Å². The van der Waals surface area contributed by atoms with Gasteiger partial charge in [0.2, 0.25) is 21.0 Å². The van der Waals surface area contributed by atoms with Crippen LogP contribution in [0, 0.1) is 0 Å². The van der Waals surface area contributed by atoms with Crippen LogP contribution in [0.25, 0.3) is 0 Å². The fourth-order valence-electron chi connectivity index (χ4n) is 5.68. The first kappa shape index (κ1) is 36.8. The number of hydroxylamine groups is 2. The van der Waals surface area contributed by atoms with Crippen molar-refractivity contribution in [3.05, 3.63) is 100 Å². The Balaban J connectivity index is 1.49. The van der Waals surface area contributed by atoms with Gasteiger partial charge in [-0.1, -0.05) is 42.5 Å². The van der Waals surface area contributed by atoms with Gasteiger partial charge in [-0.15, -0.1) is 0 Å². The predicted octanol–water partition coefficient (Wildman–Crippen LogP) is 7.70. The second kappa shape index (κ2) is 16.0. The van der Waals surface area contributed by atoms with E-state index in [9.17, 15) is 18.4 Å². The third-order valence-electron chi connectivity index (χ3n) is 8.26. The summed E-state index contributed by atoms with van der Waals surface area (Å²) < 4.78 is 62.4. The van der Waals surface area contributed by atoms with Crippen LogP contribution >= 0.6 is 15.9 Å². The van der Waals surface area contributed by atoms with Crippen LogP contribution in [0.2, 0.25) is 0 Å². The number of carbonyl (C=O) groups is 1. The third kappa shape index (κ3) is 7.94. The fourth-order valence-corrected chi connectivity index (χ4v) is 7.83. The summed E-state index contributed by atoms with van der Waals surface area (Å²) in [6, 6.07) is 21.5. The van der Waals surface area contributed by atoms with E-state index in [1.165, 1.54) is 27.2 Å². The number of rotatable bonds is 13. The Morgan fingerprint density at radius 3 is 1.96 bits per heavy atom. The van der Waals surface area contributed by atoms with Crippen molar-refractivity contribution in [1.82, 2.24) is 5.06 Å². The summed E-state index contributed by atoms with van der Waals surface area (Å²) in [4.78, 5) is 13.4. The lowest BCUT2D eigenvalue weighted by Crippen LogP contribution is -2.32. The number of ether oxygens (including phenoxy) is 6. The summed E-state index contributed by atoms with van der Waals surface area (Å²) in [5.41, 5.74) is 0.820. The van der Waals surface area contributed by atoms with Gasteiger partial charge in [0.05, 0.1) is 57.8 Å². The topological polar surface area (TPSA) is 142 Å². The highest BCUT2D eigenvalue weighted by Crippen LogP contribution is 2.48. The standard InChI is InChI=1S/C36H39BrN2O10S/c1-22(50(42,43)33-14-10-9-13-26(33)37)48-34-27(38-36(40)39(41)21-23-11-7-6-8-12-23)17-24(18-30(34)44-2)28-15-16-29(49-28)25-19-31(45-3)35(47-5)32(20-25)46-4/h6-14,17-20,22,28-29,41H,15-16,21H2,1-5H3,(H,38,40). The Hall–Kier alpha value is -4.50. The van der Waals surface area contributed by atoms with E-state index in [1.54, 1.807) is 68.8 Å². The molecule has 14 heteroatoms. The lowest BCUT2D eigenvalue weighted by atomic mass is 10.0. The summed E-state index contributed by atoms with van der Waals surface area (Å²) in [6.07, 6.45) is 0.467. The average molecular weight is 772 g/mol. The molecular weight excluding hydrogens is 732 g/mol. The lowest BCUT2D eigenvalue weighted by molar-refractivity contribution is -0.0449. The van der Waals surface area contributed by atoms with E-state index in [0.29, 0.717) is 50.8 Å². The zero-order chi connectivity index (χ0) is 36.0. The number of halogens is 1. The van der Waals surface area contributed by atoms with E-state index in [0.717, 1.165) is 5.56 Å². The molecule has 3 atom stereocenters. The van der Waals surface area contributed by atoms with Crippen molar-refractivity contribution in [2.45, 2.75) is 48.8 Å². The summed E-state index contributed by atoms with van der Waals surface area (Å²) in [5, 5.41) is 13.9. The van der Waals surface area contributed by atoms with Gasteiger partial charge in [0.25, 0.3) is 0 Å². The van der Waals surface area contributed by atoms with E-state index < -0.39 is 27.4 Å². The number of sulfone groups is 1. The molecule has 0 aromatic heterocycles. The van der Waals surface area contributed by atoms with Gasteiger partial charge in [-0.25, -0.2) is 18.3 Å². The largest absolute Gasteiger partial charge is 0.493 e. The monoisotopic (exact) mass is 770 g/mol. The van der Waals surface area contributed by atoms with Crippen LogP contribution in [0.3, 0.4) is 0 Å². The third-order valence-corrected chi connectivity index (χ3v) is 11.2. The molecule has 0 bridgehead atoms. The highest BCUT2D eigenvalue weighted by atomic mass is 79.9. The van der Waals surface area contributed by atoms with Gasteiger partial charge in [0, 0.05) is 4.47 Å².